The van der Waals surface area contributed by atoms with Crippen molar-refractivity contribution in [3.63, 3.8) is 0 Å². The highest BCUT2D eigenvalue weighted by atomic mass is 16.6. The monoisotopic (exact) mass is 266 g/mol. The van der Waals surface area contributed by atoms with E-state index < -0.39 is 5.97 Å². The maximum absolute atomic E-state index is 10.8. The molecule has 0 aliphatic rings. The van der Waals surface area contributed by atoms with Crippen molar-refractivity contribution in [3.8, 4) is 11.5 Å². The molecule has 0 amide bonds. The highest BCUT2D eigenvalue weighted by molar-refractivity contribution is 5.70. The Morgan fingerprint density at radius 2 is 1.89 bits per heavy atom. The molecule has 1 aromatic rings. The fraction of sp³-hybridized carbons (Fsp3) is 0.286. The molecule has 0 aromatic heterocycles. The number of hydrogen-bond donors (Lipinski definition) is 1. The molecule has 0 heterocycles. The number of esters is 1. The molecule has 0 spiro atoms. The molecule has 1 rings (SSSR count). The average molecular weight is 266 g/mol. The SMILES string of the molecule is C=CCc1ccc(OC(C)=O)c(OC)c1.CC(=O)O. The molecule has 0 radical (unpaired) electrons. The lowest BCUT2D eigenvalue weighted by atomic mass is 10.1. The van der Waals surface area contributed by atoms with E-state index in [2.05, 4.69) is 6.58 Å². The summed E-state index contributed by atoms with van der Waals surface area (Å²) in [6.45, 7) is 6.10. The maximum atomic E-state index is 10.8. The van der Waals surface area contributed by atoms with Crippen molar-refractivity contribution in [2.45, 2.75) is 20.3 Å². The number of carbonyl (C=O) groups is 2. The third kappa shape index (κ3) is 7.59. The van der Waals surface area contributed by atoms with Crippen LogP contribution in [0.2, 0.25) is 0 Å². The van der Waals surface area contributed by atoms with Gasteiger partial charge < -0.3 is 14.6 Å². The summed E-state index contributed by atoms with van der Waals surface area (Å²) in [5, 5.41) is 7.42. The lowest BCUT2D eigenvalue weighted by Gasteiger charge is -2.08. The van der Waals surface area contributed by atoms with Crippen molar-refractivity contribution in [1.82, 2.24) is 0 Å². The predicted octanol–water partition coefficient (Wildman–Crippen LogP) is 2.44. The number of methoxy groups -OCH3 is 1. The van der Waals surface area contributed by atoms with E-state index in [1.165, 1.54) is 6.92 Å². The number of rotatable bonds is 4. The summed E-state index contributed by atoms with van der Waals surface area (Å²) in [6, 6.07) is 5.43. The lowest BCUT2D eigenvalue weighted by molar-refractivity contribution is -0.134. The Kier molecular flexibility index (Phi) is 7.68. The Morgan fingerprint density at radius 3 is 2.32 bits per heavy atom. The Bertz CT molecular complexity index is 447. The number of hydrogen-bond acceptors (Lipinski definition) is 4. The molecule has 1 aromatic carbocycles. The predicted molar refractivity (Wildman–Crippen MR) is 71.5 cm³/mol. The van der Waals surface area contributed by atoms with Crippen LogP contribution in [0.1, 0.15) is 19.4 Å². The second-order valence-corrected chi connectivity index (χ2v) is 3.59. The van der Waals surface area contributed by atoms with Gasteiger partial charge in [-0.3, -0.25) is 9.59 Å². The number of allylic oxidation sites excluding steroid dienone is 1. The molecule has 0 saturated heterocycles. The molecular formula is C14H18O5. The minimum atomic E-state index is -0.833. The van der Waals surface area contributed by atoms with Crippen LogP contribution in [0.15, 0.2) is 30.9 Å². The zero-order valence-electron chi connectivity index (χ0n) is 11.3. The fourth-order valence-electron chi connectivity index (χ4n) is 1.24. The van der Waals surface area contributed by atoms with Crippen LogP contribution >= 0.6 is 0 Å². The lowest BCUT2D eigenvalue weighted by Crippen LogP contribution is -2.03. The van der Waals surface area contributed by atoms with Crippen molar-refractivity contribution in [2.75, 3.05) is 7.11 Å². The van der Waals surface area contributed by atoms with Crippen LogP contribution in [0.25, 0.3) is 0 Å². The minimum absolute atomic E-state index is 0.357. The standard InChI is InChI=1S/C12H14O3.C2H4O2/c1-4-5-10-6-7-11(15-9(2)13)12(8-10)14-3;1-2(3)4/h4,6-8H,1,5H2,2-3H3;1H3,(H,3,4). The molecule has 0 atom stereocenters. The van der Waals surface area contributed by atoms with Crippen LogP contribution in [0.5, 0.6) is 11.5 Å². The van der Waals surface area contributed by atoms with Crippen molar-refractivity contribution in [2.24, 2.45) is 0 Å². The maximum Gasteiger partial charge on any atom is 0.308 e. The molecule has 104 valence electrons. The summed E-state index contributed by atoms with van der Waals surface area (Å²) in [5.74, 6) is -0.188. The third-order valence-electron chi connectivity index (χ3n) is 1.86. The highest BCUT2D eigenvalue weighted by Gasteiger charge is 2.07. The molecule has 0 aliphatic heterocycles. The first-order chi connectivity index (χ1) is 8.90. The second-order valence-electron chi connectivity index (χ2n) is 3.59. The van der Waals surface area contributed by atoms with Gasteiger partial charge in [-0.05, 0) is 24.1 Å². The van der Waals surface area contributed by atoms with Crippen LogP contribution in [-0.4, -0.2) is 24.2 Å². The molecule has 19 heavy (non-hydrogen) atoms. The van der Waals surface area contributed by atoms with E-state index in [0.717, 1.165) is 18.9 Å². The summed E-state index contributed by atoms with van der Waals surface area (Å²) in [7, 11) is 1.54. The number of carbonyl (C=O) groups excluding carboxylic acids is 1. The largest absolute Gasteiger partial charge is 0.493 e. The number of ether oxygens (including phenoxy) is 2. The zero-order valence-corrected chi connectivity index (χ0v) is 11.3. The first-order valence-electron chi connectivity index (χ1n) is 5.56. The van der Waals surface area contributed by atoms with Crippen LogP contribution in [-0.2, 0) is 16.0 Å². The van der Waals surface area contributed by atoms with E-state index in [4.69, 9.17) is 19.4 Å². The first-order valence-corrected chi connectivity index (χ1v) is 5.56. The van der Waals surface area contributed by atoms with Gasteiger partial charge in [0.15, 0.2) is 11.5 Å². The average Bonchev–Trinajstić information content (AvgIpc) is 2.30. The van der Waals surface area contributed by atoms with Crippen molar-refractivity contribution >= 4 is 11.9 Å². The number of carboxylic acid groups (broad SMARTS) is 1. The third-order valence-corrected chi connectivity index (χ3v) is 1.86. The van der Waals surface area contributed by atoms with Crippen LogP contribution in [0, 0.1) is 0 Å². The molecule has 0 unspecified atom stereocenters. The molecule has 5 heteroatoms. The van der Waals surface area contributed by atoms with E-state index in [1.807, 2.05) is 12.1 Å². The van der Waals surface area contributed by atoms with Gasteiger partial charge in [-0.25, -0.2) is 0 Å². The summed E-state index contributed by atoms with van der Waals surface area (Å²) in [5.41, 5.74) is 1.07. The van der Waals surface area contributed by atoms with Crippen LogP contribution < -0.4 is 9.47 Å². The highest BCUT2D eigenvalue weighted by Crippen LogP contribution is 2.28. The van der Waals surface area contributed by atoms with Crippen LogP contribution in [0.4, 0.5) is 0 Å². The summed E-state index contributed by atoms with van der Waals surface area (Å²) in [6.07, 6.45) is 2.57. The molecule has 0 saturated carbocycles. The minimum Gasteiger partial charge on any atom is -0.493 e. The van der Waals surface area contributed by atoms with E-state index in [9.17, 15) is 4.79 Å². The summed E-state index contributed by atoms with van der Waals surface area (Å²) in [4.78, 5) is 19.8. The van der Waals surface area contributed by atoms with E-state index >= 15 is 0 Å². The van der Waals surface area contributed by atoms with Gasteiger partial charge in [-0.15, -0.1) is 6.58 Å². The molecule has 0 fully saturated rings. The topological polar surface area (TPSA) is 72.8 Å². The van der Waals surface area contributed by atoms with E-state index in [1.54, 1.807) is 19.3 Å². The molecule has 5 nitrogen and oxygen atoms in total. The van der Waals surface area contributed by atoms with E-state index in [-0.39, 0.29) is 5.97 Å². The number of aliphatic carboxylic acids is 1. The van der Waals surface area contributed by atoms with Gasteiger partial charge in [0, 0.05) is 13.8 Å². The number of benzene rings is 1. The van der Waals surface area contributed by atoms with Crippen molar-refractivity contribution < 1.29 is 24.2 Å². The normalized spacial score (nSPS) is 8.79. The van der Waals surface area contributed by atoms with Crippen molar-refractivity contribution in [3.05, 3.63) is 36.4 Å². The molecule has 1 N–H and O–H groups in total. The van der Waals surface area contributed by atoms with Gasteiger partial charge in [0.25, 0.3) is 5.97 Å². The van der Waals surface area contributed by atoms with Gasteiger partial charge >= 0.3 is 5.97 Å². The van der Waals surface area contributed by atoms with Gasteiger partial charge in [-0.2, -0.15) is 0 Å². The second kappa shape index (κ2) is 8.74. The first kappa shape index (κ1) is 16.7. The molecular weight excluding hydrogens is 248 g/mol. The zero-order chi connectivity index (χ0) is 14.8. The van der Waals surface area contributed by atoms with Crippen molar-refractivity contribution in [1.29, 1.82) is 0 Å². The smallest absolute Gasteiger partial charge is 0.308 e. The Hall–Kier alpha value is -2.30. The van der Waals surface area contributed by atoms with Gasteiger partial charge in [-0.1, -0.05) is 12.1 Å². The quantitative estimate of drug-likeness (QED) is 0.515. The van der Waals surface area contributed by atoms with Gasteiger partial charge in [0.1, 0.15) is 0 Å². The summed E-state index contributed by atoms with van der Waals surface area (Å²) < 4.78 is 10.1. The Morgan fingerprint density at radius 1 is 1.32 bits per heavy atom. The van der Waals surface area contributed by atoms with E-state index in [0.29, 0.717) is 11.5 Å². The Balaban J connectivity index is 0.000000711. The summed E-state index contributed by atoms with van der Waals surface area (Å²) >= 11 is 0. The molecule has 0 bridgehead atoms. The van der Waals surface area contributed by atoms with Gasteiger partial charge in [0.2, 0.25) is 0 Å². The van der Waals surface area contributed by atoms with Crippen LogP contribution in [0.3, 0.4) is 0 Å². The van der Waals surface area contributed by atoms with Gasteiger partial charge in [0.05, 0.1) is 7.11 Å². The fourth-order valence-corrected chi connectivity index (χ4v) is 1.24. The Labute approximate surface area is 112 Å². The number of carboxylic acids is 1. The molecule has 0 aliphatic carbocycles.